The Kier molecular flexibility index (Phi) is 30.2. The number of aliphatic hydroxyl groups is 1. The molecule has 0 amide bonds. The Labute approximate surface area is 224 Å². The third kappa shape index (κ3) is 28.4. The predicted octanol–water partition coefficient (Wildman–Crippen LogP) is 12.3. The zero-order valence-corrected chi connectivity index (χ0v) is 25.1. The van der Waals surface area contributed by atoms with Crippen LogP contribution in [0, 0.1) is 5.92 Å². The van der Waals surface area contributed by atoms with E-state index in [1.807, 2.05) is 0 Å². The van der Waals surface area contributed by atoms with Crippen LogP contribution in [0.1, 0.15) is 207 Å². The highest BCUT2D eigenvalue weighted by molar-refractivity contribution is 4.67. The molecule has 212 valence electrons. The molecule has 0 aliphatic heterocycles. The van der Waals surface area contributed by atoms with E-state index < -0.39 is 0 Å². The SMILES string of the molecule is CCCCCCCCCCCCC(CCCCCCCCCC)CC(O)CCCCCCCCC. The molecule has 0 radical (unpaired) electrons. The van der Waals surface area contributed by atoms with Crippen molar-refractivity contribution in [3.63, 3.8) is 0 Å². The van der Waals surface area contributed by atoms with Gasteiger partial charge in [0.15, 0.2) is 0 Å². The lowest BCUT2D eigenvalue weighted by Crippen LogP contribution is -2.14. The summed E-state index contributed by atoms with van der Waals surface area (Å²) in [6.07, 6.45) is 39.8. The van der Waals surface area contributed by atoms with Crippen LogP contribution in [0.4, 0.5) is 0 Å². The van der Waals surface area contributed by atoms with E-state index in [9.17, 15) is 5.11 Å². The number of aliphatic hydroxyl groups excluding tert-OH is 1. The Balaban J connectivity index is 4.01. The summed E-state index contributed by atoms with van der Waals surface area (Å²) in [4.78, 5) is 0. The second-order valence-electron chi connectivity index (χ2n) is 11.9. The summed E-state index contributed by atoms with van der Waals surface area (Å²) < 4.78 is 0. The molecule has 1 heteroatoms. The first-order chi connectivity index (χ1) is 17.2. The third-order valence-electron chi connectivity index (χ3n) is 8.18. The van der Waals surface area contributed by atoms with Crippen LogP contribution in [-0.2, 0) is 0 Å². The molecule has 0 saturated heterocycles. The zero-order chi connectivity index (χ0) is 25.7. The lowest BCUT2D eigenvalue weighted by Gasteiger charge is -2.21. The Hall–Kier alpha value is -0.0400. The van der Waals surface area contributed by atoms with Gasteiger partial charge in [-0.3, -0.25) is 0 Å². The highest BCUT2D eigenvalue weighted by Crippen LogP contribution is 2.25. The summed E-state index contributed by atoms with van der Waals surface area (Å²) in [6, 6.07) is 0. The van der Waals surface area contributed by atoms with Gasteiger partial charge in [0.05, 0.1) is 6.10 Å². The number of hydrogen-bond acceptors (Lipinski definition) is 1. The molecule has 0 fully saturated rings. The van der Waals surface area contributed by atoms with Crippen molar-refractivity contribution in [1.82, 2.24) is 0 Å². The van der Waals surface area contributed by atoms with Gasteiger partial charge < -0.3 is 5.11 Å². The van der Waals surface area contributed by atoms with Crippen LogP contribution >= 0.6 is 0 Å². The zero-order valence-electron chi connectivity index (χ0n) is 25.1. The Bertz CT molecular complexity index is 366. The van der Waals surface area contributed by atoms with Crippen LogP contribution in [0.15, 0.2) is 0 Å². The summed E-state index contributed by atoms with van der Waals surface area (Å²) in [6.45, 7) is 6.89. The van der Waals surface area contributed by atoms with Crippen molar-refractivity contribution in [2.45, 2.75) is 213 Å². The van der Waals surface area contributed by atoms with Gasteiger partial charge in [-0.05, 0) is 18.8 Å². The van der Waals surface area contributed by atoms with Gasteiger partial charge >= 0.3 is 0 Å². The first-order valence-corrected chi connectivity index (χ1v) is 16.9. The lowest BCUT2D eigenvalue weighted by atomic mass is 9.88. The highest BCUT2D eigenvalue weighted by Gasteiger charge is 2.14. The van der Waals surface area contributed by atoms with Gasteiger partial charge in [-0.1, -0.05) is 194 Å². The van der Waals surface area contributed by atoms with Gasteiger partial charge in [-0.25, -0.2) is 0 Å². The fourth-order valence-electron chi connectivity index (χ4n) is 5.71. The minimum absolute atomic E-state index is 0.0483. The molecule has 0 aliphatic carbocycles. The summed E-state index contributed by atoms with van der Waals surface area (Å²) in [5.41, 5.74) is 0. The Morgan fingerprint density at radius 3 is 0.914 bits per heavy atom. The van der Waals surface area contributed by atoms with Gasteiger partial charge in [-0.2, -0.15) is 0 Å². The van der Waals surface area contributed by atoms with E-state index in [4.69, 9.17) is 0 Å². The first kappa shape index (κ1) is 35.0. The molecule has 0 bridgehead atoms. The molecule has 0 heterocycles. The Morgan fingerprint density at radius 1 is 0.343 bits per heavy atom. The maximum atomic E-state index is 10.7. The average Bonchev–Trinajstić information content (AvgIpc) is 2.86. The van der Waals surface area contributed by atoms with Crippen LogP contribution < -0.4 is 0 Å². The predicted molar refractivity (Wildman–Crippen MR) is 160 cm³/mol. The maximum Gasteiger partial charge on any atom is 0.0542 e. The van der Waals surface area contributed by atoms with Gasteiger partial charge in [0.25, 0.3) is 0 Å². The summed E-state index contributed by atoms with van der Waals surface area (Å²) >= 11 is 0. The topological polar surface area (TPSA) is 20.2 Å². The van der Waals surface area contributed by atoms with Crippen molar-refractivity contribution in [1.29, 1.82) is 0 Å². The number of rotatable bonds is 30. The molecule has 35 heavy (non-hydrogen) atoms. The van der Waals surface area contributed by atoms with Crippen molar-refractivity contribution in [2.24, 2.45) is 5.92 Å². The fraction of sp³-hybridized carbons (Fsp3) is 1.00. The molecule has 0 aliphatic rings. The smallest absolute Gasteiger partial charge is 0.0542 e. The molecular weight excluding hydrogens is 424 g/mol. The van der Waals surface area contributed by atoms with E-state index in [-0.39, 0.29) is 6.10 Å². The van der Waals surface area contributed by atoms with E-state index in [0.717, 1.165) is 18.8 Å². The largest absolute Gasteiger partial charge is 0.393 e. The maximum absolute atomic E-state index is 10.7. The normalized spacial score (nSPS) is 13.4. The fourth-order valence-corrected chi connectivity index (χ4v) is 5.71. The van der Waals surface area contributed by atoms with E-state index in [1.165, 1.54) is 173 Å². The third-order valence-corrected chi connectivity index (χ3v) is 8.18. The second-order valence-corrected chi connectivity index (χ2v) is 11.9. The molecular formula is C34H70O. The van der Waals surface area contributed by atoms with Crippen LogP contribution in [-0.4, -0.2) is 11.2 Å². The van der Waals surface area contributed by atoms with Crippen molar-refractivity contribution >= 4 is 0 Å². The van der Waals surface area contributed by atoms with E-state index in [1.54, 1.807) is 0 Å². The first-order valence-electron chi connectivity index (χ1n) is 16.9. The van der Waals surface area contributed by atoms with Gasteiger partial charge in [0, 0.05) is 0 Å². The number of hydrogen-bond donors (Lipinski definition) is 1. The summed E-state index contributed by atoms with van der Waals surface area (Å²) in [5, 5.41) is 10.7. The average molecular weight is 495 g/mol. The molecule has 0 spiro atoms. The highest BCUT2D eigenvalue weighted by atomic mass is 16.3. The van der Waals surface area contributed by atoms with Crippen LogP contribution in [0.25, 0.3) is 0 Å². The minimum atomic E-state index is -0.0483. The molecule has 2 atom stereocenters. The molecule has 0 aromatic carbocycles. The van der Waals surface area contributed by atoms with Crippen LogP contribution in [0.3, 0.4) is 0 Å². The molecule has 1 N–H and O–H groups in total. The van der Waals surface area contributed by atoms with E-state index in [0.29, 0.717) is 0 Å². The molecule has 0 rings (SSSR count). The monoisotopic (exact) mass is 495 g/mol. The minimum Gasteiger partial charge on any atom is -0.393 e. The Morgan fingerprint density at radius 2 is 0.600 bits per heavy atom. The molecule has 0 saturated carbocycles. The van der Waals surface area contributed by atoms with Crippen molar-refractivity contribution in [3.05, 3.63) is 0 Å². The van der Waals surface area contributed by atoms with Crippen molar-refractivity contribution in [2.75, 3.05) is 0 Å². The number of unbranched alkanes of at least 4 members (excludes halogenated alkanes) is 22. The van der Waals surface area contributed by atoms with Crippen molar-refractivity contribution in [3.8, 4) is 0 Å². The second kappa shape index (κ2) is 30.2. The van der Waals surface area contributed by atoms with Gasteiger partial charge in [-0.15, -0.1) is 0 Å². The molecule has 0 aromatic heterocycles. The molecule has 0 aromatic rings. The van der Waals surface area contributed by atoms with Crippen LogP contribution in [0.2, 0.25) is 0 Å². The molecule has 2 unspecified atom stereocenters. The quantitative estimate of drug-likeness (QED) is 0.0984. The van der Waals surface area contributed by atoms with E-state index in [2.05, 4.69) is 20.8 Å². The van der Waals surface area contributed by atoms with E-state index >= 15 is 0 Å². The standard InChI is InChI=1S/C34H70O/c1-4-7-10-13-16-18-19-22-24-27-30-33(29-26-23-21-17-14-11-8-5-2)32-34(35)31-28-25-20-15-12-9-6-3/h33-35H,4-32H2,1-3H3. The summed E-state index contributed by atoms with van der Waals surface area (Å²) in [5.74, 6) is 0.767. The van der Waals surface area contributed by atoms with Gasteiger partial charge in [0.2, 0.25) is 0 Å². The van der Waals surface area contributed by atoms with Crippen LogP contribution in [0.5, 0.6) is 0 Å². The van der Waals surface area contributed by atoms with Gasteiger partial charge in [0.1, 0.15) is 0 Å². The summed E-state index contributed by atoms with van der Waals surface area (Å²) in [7, 11) is 0. The lowest BCUT2D eigenvalue weighted by molar-refractivity contribution is 0.123. The molecule has 1 nitrogen and oxygen atoms in total. The van der Waals surface area contributed by atoms with Crippen molar-refractivity contribution < 1.29 is 5.11 Å².